The molecule has 5 heteroatoms. The molecule has 1 unspecified atom stereocenters. The lowest BCUT2D eigenvalue weighted by Crippen LogP contribution is -2.35. The standard InChI is InChI=1S/C14H23N3O2/c1-5-19-14(18)13(16-8-9-17(3)4)12-10-15-7-6-11(12)2/h6-7,10,13,16H,5,8-9H2,1-4H3. The highest BCUT2D eigenvalue weighted by Crippen LogP contribution is 2.17. The van der Waals surface area contributed by atoms with Crippen molar-refractivity contribution in [3.05, 3.63) is 29.6 Å². The minimum Gasteiger partial charge on any atom is -0.465 e. The second kappa shape index (κ2) is 7.86. The number of nitrogens with one attached hydrogen (secondary N) is 1. The summed E-state index contributed by atoms with van der Waals surface area (Å²) in [4.78, 5) is 18.2. The summed E-state index contributed by atoms with van der Waals surface area (Å²) < 4.78 is 5.13. The topological polar surface area (TPSA) is 54.5 Å². The molecule has 19 heavy (non-hydrogen) atoms. The average Bonchev–Trinajstić information content (AvgIpc) is 2.36. The van der Waals surface area contributed by atoms with E-state index < -0.39 is 6.04 Å². The fourth-order valence-electron chi connectivity index (χ4n) is 1.76. The Bertz CT molecular complexity index is 407. The molecule has 0 spiro atoms. The third-order valence-corrected chi connectivity index (χ3v) is 2.82. The number of nitrogens with zero attached hydrogens (tertiary/aromatic N) is 2. The minimum absolute atomic E-state index is 0.252. The third-order valence-electron chi connectivity index (χ3n) is 2.82. The SMILES string of the molecule is CCOC(=O)C(NCCN(C)C)c1cnccc1C. The van der Waals surface area contributed by atoms with Gasteiger partial charge in [0, 0.05) is 31.0 Å². The van der Waals surface area contributed by atoms with Crippen LogP contribution in [0.5, 0.6) is 0 Å². The zero-order valence-electron chi connectivity index (χ0n) is 12.1. The van der Waals surface area contributed by atoms with E-state index in [4.69, 9.17) is 4.74 Å². The molecule has 0 aromatic carbocycles. The summed E-state index contributed by atoms with van der Waals surface area (Å²) >= 11 is 0. The molecule has 0 bridgehead atoms. The van der Waals surface area contributed by atoms with Crippen LogP contribution in [-0.2, 0) is 9.53 Å². The van der Waals surface area contributed by atoms with Gasteiger partial charge in [-0.2, -0.15) is 0 Å². The maximum atomic E-state index is 12.0. The van der Waals surface area contributed by atoms with Crippen LogP contribution < -0.4 is 5.32 Å². The molecule has 0 radical (unpaired) electrons. The van der Waals surface area contributed by atoms with Crippen molar-refractivity contribution in [2.75, 3.05) is 33.8 Å². The number of carbonyl (C=O) groups is 1. The van der Waals surface area contributed by atoms with Crippen LogP contribution in [0.15, 0.2) is 18.5 Å². The average molecular weight is 265 g/mol. The molecule has 1 atom stereocenters. The number of hydrogen-bond acceptors (Lipinski definition) is 5. The molecular weight excluding hydrogens is 242 g/mol. The largest absolute Gasteiger partial charge is 0.465 e. The van der Waals surface area contributed by atoms with Gasteiger partial charge in [-0.05, 0) is 39.6 Å². The van der Waals surface area contributed by atoms with E-state index >= 15 is 0 Å². The van der Waals surface area contributed by atoms with E-state index in [2.05, 4.69) is 15.2 Å². The van der Waals surface area contributed by atoms with Gasteiger partial charge in [0.2, 0.25) is 0 Å². The lowest BCUT2D eigenvalue weighted by atomic mass is 10.0. The van der Waals surface area contributed by atoms with Gasteiger partial charge in [-0.3, -0.25) is 10.3 Å². The Morgan fingerprint density at radius 3 is 2.84 bits per heavy atom. The maximum Gasteiger partial charge on any atom is 0.327 e. The van der Waals surface area contributed by atoms with Crippen molar-refractivity contribution in [3.8, 4) is 0 Å². The zero-order chi connectivity index (χ0) is 14.3. The molecule has 0 fully saturated rings. The van der Waals surface area contributed by atoms with E-state index in [1.54, 1.807) is 12.4 Å². The number of rotatable bonds is 7. The van der Waals surface area contributed by atoms with Gasteiger partial charge in [-0.1, -0.05) is 0 Å². The van der Waals surface area contributed by atoms with E-state index in [9.17, 15) is 4.79 Å². The van der Waals surface area contributed by atoms with Crippen molar-refractivity contribution in [2.45, 2.75) is 19.9 Å². The second-order valence-corrected chi connectivity index (χ2v) is 4.67. The Hall–Kier alpha value is -1.46. The third kappa shape index (κ3) is 4.96. The second-order valence-electron chi connectivity index (χ2n) is 4.67. The zero-order valence-corrected chi connectivity index (χ0v) is 12.1. The van der Waals surface area contributed by atoms with Crippen LogP contribution in [0.1, 0.15) is 24.1 Å². The van der Waals surface area contributed by atoms with Gasteiger partial charge < -0.3 is 9.64 Å². The molecule has 1 heterocycles. The number of hydrogen-bond donors (Lipinski definition) is 1. The smallest absolute Gasteiger partial charge is 0.327 e. The van der Waals surface area contributed by atoms with E-state index in [1.807, 2.05) is 34.0 Å². The Morgan fingerprint density at radius 2 is 2.26 bits per heavy atom. The number of aryl methyl sites for hydroxylation is 1. The van der Waals surface area contributed by atoms with Crippen LogP contribution in [0.25, 0.3) is 0 Å². The predicted molar refractivity (Wildman–Crippen MR) is 74.9 cm³/mol. The number of aromatic nitrogens is 1. The van der Waals surface area contributed by atoms with Crippen LogP contribution >= 0.6 is 0 Å². The monoisotopic (exact) mass is 265 g/mol. The first-order valence-electron chi connectivity index (χ1n) is 6.51. The van der Waals surface area contributed by atoms with Crippen molar-refractivity contribution >= 4 is 5.97 Å². The molecule has 0 amide bonds. The summed E-state index contributed by atoms with van der Waals surface area (Å²) in [5.74, 6) is -0.252. The normalized spacial score (nSPS) is 12.5. The highest BCUT2D eigenvalue weighted by molar-refractivity contribution is 5.78. The number of esters is 1. The Kier molecular flexibility index (Phi) is 6.45. The van der Waals surface area contributed by atoms with Crippen molar-refractivity contribution in [1.82, 2.24) is 15.2 Å². The van der Waals surface area contributed by atoms with E-state index in [0.717, 1.165) is 17.7 Å². The predicted octanol–water partition coefficient (Wildman–Crippen LogP) is 1.15. The summed E-state index contributed by atoms with van der Waals surface area (Å²) in [7, 11) is 3.99. The molecule has 1 N–H and O–H groups in total. The fourth-order valence-corrected chi connectivity index (χ4v) is 1.76. The molecule has 0 saturated heterocycles. The Labute approximate surface area is 115 Å². The van der Waals surface area contributed by atoms with E-state index in [-0.39, 0.29) is 5.97 Å². The lowest BCUT2D eigenvalue weighted by Gasteiger charge is -2.20. The summed E-state index contributed by atoms with van der Waals surface area (Å²) in [6.07, 6.45) is 3.44. The molecule has 106 valence electrons. The van der Waals surface area contributed by atoms with Crippen molar-refractivity contribution < 1.29 is 9.53 Å². The number of ether oxygens (including phenoxy) is 1. The molecule has 1 rings (SSSR count). The number of pyridine rings is 1. The molecule has 5 nitrogen and oxygen atoms in total. The molecular formula is C14H23N3O2. The van der Waals surface area contributed by atoms with Crippen LogP contribution in [0.4, 0.5) is 0 Å². The first-order chi connectivity index (χ1) is 9.06. The van der Waals surface area contributed by atoms with Gasteiger partial charge in [-0.25, -0.2) is 4.79 Å². The van der Waals surface area contributed by atoms with Crippen LogP contribution in [0, 0.1) is 6.92 Å². The van der Waals surface area contributed by atoms with E-state index in [0.29, 0.717) is 13.2 Å². The first-order valence-corrected chi connectivity index (χ1v) is 6.51. The molecule has 0 aliphatic rings. The maximum absolute atomic E-state index is 12.0. The molecule has 1 aromatic rings. The highest BCUT2D eigenvalue weighted by Gasteiger charge is 2.23. The van der Waals surface area contributed by atoms with Crippen LogP contribution in [0.2, 0.25) is 0 Å². The van der Waals surface area contributed by atoms with Gasteiger partial charge in [0.05, 0.1) is 6.61 Å². The van der Waals surface area contributed by atoms with Gasteiger partial charge >= 0.3 is 5.97 Å². The molecule has 1 aromatic heterocycles. The molecule has 0 aliphatic heterocycles. The van der Waals surface area contributed by atoms with Gasteiger partial charge in [0.25, 0.3) is 0 Å². The summed E-state index contributed by atoms with van der Waals surface area (Å²) in [5, 5.41) is 3.24. The first kappa shape index (κ1) is 15.6. The van der Waals surface area contributed by atoms with E-state index in [1.165, 1.54) is 0 Å². The lowest BCUT2D eigenvalue weighted by molar-refractivity contribution is -0.145. The van der Waals surface area contributed by atoms with Crippen molar-refractivity contribution in [1.29, 1.82) is 0 Å². The number of likely N-dealkylation sites (N-methyl/N-ethyl adjacent to an activating group) is 1. The van der Waals surface area contributed by atoms with Gasteiger partial charge in [0.15, 0.2) is 0 Å². The minimum atomic E-state index is -0.450. The van der Waals surface area contributed by atoms with Crippen LogP contribution in [-0.4, -0.2) is 49.6 Å². The summed E-state index contributed by atoms with van der Waals surface area (Å²) in [5.41, 5.74) is 1.91. The number of carbonyl (C=O) groups excluding carboxylic acids is 1. The fraction of sp³-hybridized carbons (Fsp3) is 0.571. The molecule has 0 aliphatic carbocycles. The Morgan fingerprint density at radius 1 is 1.53 bits per heavy atom. The molecule has 0 saturated carbocycles. The van der Waals surface area contributed by atoms with Crippen LogP contribution in [0.3, 0.4) is 0 Å². The van der Waals surface area contributed by atoms with Crippen molar-refractivity contribution in [3.63, 3.8) is 0 Å². The summed E-state index contributed by atoms with van der Waals surface area (Å²) in [6.45, 7) is 5.73. The van der Waals surface area contributed by atoms with Gasteiger partial charge in [0.1, 0.15) is 6.04 Å². The highest BCUT2D eigenvalue weighted by atomic mass is 16.5. The van der Waals surface area contributed by atoms with Crippen molar-refractivity contribution in [2.24, 2.45) is 0 Å². The quantitative estimate of drug-likeness (QED) is 0.749. The Balaban J connectivity index is 2.80. The van der Waals surface area contributed by atoms with Gasteiger partial charge in [-0.15, -0.1) is 0 Å². The summed E-state index contributed by atoms with van der Waals surface area (Å²) in [6, 6.07) is 1.45.